The molecule has 3 rings (SSSR count). The number of aryl methyl sites for hydroxylation is 2. The van der Waals surface area contributed by atoms with Crippen LogP contribution in [0.25, 0.3) is 0 Å². The standard InChI is InChI=1S/C24H32N2O2/c1-4-5-15-28-22-19(3)16-21(17-25-22)26-23(27)24(13-7-6-8-14-24)20-11-9-18(2)10-12-20/h9-12,16-17H,4-8,13-15H2,1-3H3,(H,26,27). The van der Waals surface area contributed by atoms with Crippen LogP contribution >= 0.6 is 0 Å². The number of amides is 1. The van der Waals surface area contributed by atoms with E-state index >= 15 is 0 Å². The second-order valence-electron chi connectivity index (χ2n) is 8.01. The molecule has 0 spiro atoms. The van der Waals surface area contributed by atoms with Gasteiger partial charge in [-0.1, -0.05) is 62.4 Å². The van der Waals surface area contributed by atoms with Crippen LogP contribution in [0.1, 0.15) is 68.6 Å². The smallest absolute Gasteiger partial charge is 0.235 e. The van der Waals surface area contributed by atoms with E-state index in [4.69, 9.17) is 4.74 Å². The Hall–Kier alpha value is -2.36. The molecule has 2 aromatic rings. The first-order valence-corrected chi connectivity index (χ1v) is 10.5. The van der Waals surface area contributed by atoms with E-state index in [2.05, 4.69) is 48.4 Å². The maximum absolute atomic E-state index is 13.4. The molecule has 1 aromatic carbocycles. The van der Waals surface area contributed by atoms with E-state index in [1.165, 1.54) is 12.0 Å². The average molecular weight is 381 g/mol. The predicted octanol–water partition coefficient (Wildman–Crippen LogP) is 5.72. The van der Waals surface area contributed by atoms with Crippen LogP contribution in [0, 0.1) is 13.8 Å². The summed E-state index contributed by atoms with van der Waals surface area (Å²) in [6.45, 7) is 6.86. The number of nitrogens with zero attached hydrogens (tertiary/aromatic N) is 1. The summed E-state index contributed by atoms with van der Waals surface area (Å²) >= 11 is 0. The minimum atomic E-state index is -0.448. The highest BCUT2D eigenvalue weighted by molar-refractivity contribution is 5.99. The van der Waals surface area contributed by atoms with Gasteiger partial charge in [0.25, 0.3) is 0 Å². The third kappa shape index (κ3) is 4.54. The fraction of sp³-hybridized carbons (Fsp3) is 0.500. The molecule has 1 fully saturated rings. The van der Waals surface area contributed by atoms with Crippen LogP contribution in [0.3, 0.4) is 0 Å². The molecule has 1 N–H and O–H groups in total. The van der Waals surface area contributed by atoms with Gasteiger partial charge in [0.2, 0.25) is 11.8 Å². The summed E-state index contributed by atoms with van der Waals surface area (Å²) in [6, 6.07) is 10.4. The Kier molecular flexibility index (Phi) is 6.71. The Morgan fingerprint density at radius 1 is 1.14 bits per heavy atom. The number of aromatic nitrogens is 1. The topological polar surface area (TPSA) is 51.2 Å². The van der Waals surface area contributed by atoms with E-state index in [-0.39, 0.29) is 5.91 Å². The molecule has 4 nitrogen and oxygen atoms in total. The van der Waals surface area contributed by atoms with Crippen LogP contribution in [0.2, 0.25) is 0 Å². The number of hydrogen-bond acceptors (Lipinski definition) is 3. The molecule has 4 heteroatoms. The molecular weight excluding hydrogens is 348 g/mol. The number of pyridine rings is 1. The summed E-state index contributed by atoms with van der Waals surface area (Å²) in [6.07, 6.45) is 8.97. The van der Waals surface area contributed by atoms with Crippen molar-refractivity contribution in [2.45, 2.75) is 71.1 Å². The third-order valence-electron chi connectivity index (χ3n) is 5.77. The van der Waals surface area contributed by atoms with Crippen molar-refractivity contribution in [2.24, 2.45) is 0 Å². The molecule has 1 amide bonds. The van der Waals surface area contributed by atoms with E-state index in [1.54, 1.807) is 6.20 Å². The van der Waals surface area contributed by atoms with Crippen molar-refractivity contribution in [2.75, 3.05) is 11.9 Å². The first-order valence-electron chi connectivity index (χ1n) is 10.5. The zero-order valence-corrected chi connectivity index (χ0v) is 17.4. The van der Waals surface area contributed by atoms with Crippen LogP contribution in [-0.4, -0.2) is 17.5 Å². The first-order chi connectivity index (χ1) is 13.5. The molecule has 0 atom stereocenters. The van der Waals surface area contributed by atoms with Gasteiger partial charge in [-0.15, -0.1) is 0 Å². The summed E-state index contributed by atoms with van der Waals surface area (Å²) in [5.74, 6) is 0.731. The molecule has 1 aliphatic carbocycles. The van der Waals surface area contributed by atoms with E-state index in [0.29, 0.717) is 12.5 Å². The number of benzene rings is 1. The summed E-state index contributed by atoms with van der Waals surface area (Å²) in [7, 11) is 0. The van der Waals surface area contributed by atoms with Crippen LogP contribution in [-0.2, 0) is 10.2 Å². The summed E-state index contributed by atoms with van der Waals surface area (Å²) in [5, 5.41) is 3.14. The van der Waals surface area contributed by atoms with Gasteiger partial charge in [-0.05, 0) is 44.7 Å². The largest absolute Gasteiger partial charge is 0.477 e. The van der Waals surface area contributed by atoms with Gasteiger partial charge < -0.3 is 10.1 Å². The number of anilines is 1. The third-order valence-corrected chi connectivity index (χ3v) is 5.77. The predicted molar refractivity (Wildman–Crippen MR) is 114 cm³/mol. The van der Waals surface area contributed by atoms with Crippen molar-refractivity contribution in [1.82, 2.24) is 4.98 Å². The zero-order valence-electron chi connectivity index (χ0n) is 17.4. The lowest BCUT2D eigenvalue weighted by Crippen LogP contribution is -2.42. The van der Waals surface area contributed by atoms with Gasteiger partial charge in [0.05, 0.1) is 23.9 Å². The molecule has 1 heterocycles. The minimum Gasteiger partial charge on any atom is -0.477 e. The number of rotatable bonds is 7. The van der Waals surface area contributed by atoms with Gasteiger partial charge in [0.1, 0.15) is 0 Å². The van der Waals surface area contributed by atoms with E-state index in [9.17, 15) is 4.79 Å². The highest BCUT2D eigenvalue weighted by Gasteiger charge is 2.41. The molecule has 1 aliphatic rings. The lowest BCUT2D eigenvalue weighted by atomic mass is 9.68. The lowest BCUT2D eigenvalue weighted by molar-refractivity contribution is -0.122. The van der Waals surface area contributed by atoms with E-state index in [1.807, 2.05) is 13.0 Å². The van der Waals surface area contributed by atoms with Gasteiger partial charge in [0, 0.05) is 5.56 Å². The van der Waals surface area contributed by atoms with Crippen molar-refractivity contribution < 1.29 is 9.53 Å². The molecule has 1 aromatic heterocycles. The molecule has 28 heavy (non-hydrogen) atoms. The monoisotopic (exact) mass is 380 g/mol. The lowest BCUT2D eigenvalue weighted by Gasteiger charge is -2.36. The number of ether oxygens (including phenoxy) is 1. The van der Waals surface area contributed by atoms with Crippen LogP contribution in [0.15, 0.2) is 36.5 Å². The SMILES string of the molecule is CCCCOc1ncc(NC(=O)C2(c3ccc(C)cc3)CCCCC2)cc1C. The Labute approximate surface area is 168 Å². The van der Waals surface area contributed by atoms with Crippen molar-refractivity contribution in [1.29, 1.82) is 0 Å². The van der Waals surface area contributed by atoms with Crippen molar-refractivity contribution in [3.05, 3.63) is 53.2 Å². The minimum absolute atomic E-state index is 0.0805. The first kappa shape index (κ1) is 20.4. The maximum atomic E-state index is 13.4. The second-order valence-corrected chi connectivity index (χ2v) is 8.01. The second kappa shape index (κ2) is 9.22. The number of carbonyl (C=O) groups is 1. The van der Waals surface area contributed by atoms with E-state index < -0.39 is 5.41 Å². The number of carbonyl (C=O) groups excluding carboxylic acids is 1. The molecule has 0 aliphatic heterocycles. The molecule has 0 saturated heterocycles. The molecule has 1 saturated carbocycles. The molecule has 0 radical (unpaired) electrons. The Balaban J connectivity index is 1.79. The van der Waals surface area contributed by atoms with Crippen molar-refractivity contribution in [3.63, 3.8) is 0 Å². The van der Waals surface area contributed by atoms with Crippen molar-refractivity contribution in [3.8, 4) is 5.88 Å². The van der Waals surface area contributed by atoms with E-state index in [0.717, 1.165) is 55.3 Å². The number of nitrogens with one attached hydrogen (secondary N) is 1. The Morgan fingerprint density at radius 2 is 1.86 bits per heavy atom. The molecule has 0 bridgehead atoms. The Morgan fingerprint density at radius 3 is 2.50 bits per heavy atom. The average Bonchev–Trinajstić information content (AvgIpc) is 2.71. The van der Waals surface area contributed by atoms with Crippen LogP contribution in [0.4, 0.5) is 5.69 Å². The molecular formula is C24H32N2O2. The van der Waals surface area contributed by atoms with Gasteiger partial charge >= 0.3 is 0 Å². The summed E-state index contributed by atoms with van der Waals surface area (Å²) in [5.41, 5.74) is 3.58. The fourth-order valence-electron chi connectivity index (χ4n) is 4.02. The quantitative estimate of drug-likeness (QED) is 0.625. The highest BCUT2D eigenvalue weighted by atomic mass is 16.5. The van der Waals surface area contributed by atoms with Crippen LogP contribution < -0.4 is 10.1 Å². The fourth-order valence-corrected chi connectivity index (χ4v) is 4.02. The van der Waals surface area contributed by atoms with Gasteiger partial charge in [-0.2, -0.15) is 0 Å². The van der Waals surface area contributed by atoms with Crippen molar-refractivity contribution >= 4 is 11.6 Å². The molecule has 150 valence electrons. The van der Waals surface area contributed by atoms with Gasteiger partial charge in [-0.25, -0.2) is 4.98 Å². The maximum Gasteiger partial charge on any atom is 0.235 e. The zero-order chi connectivity index (χ0) is 20.0. The molecule has 0 unspecified atom stereocenters. The normalized spacial score (nSPS) is 15.8. The van der Waals surface area contributed by atoms with Gasteiger partial charge in [0.15, 0.2) is 0 Å². The Bertz CT molecular complexity index is 793. The van der Waals surface area contributed by atoms with Crippen LogP contribution in [0.5, 0.6) is 5.88 Å². The number of unbranched alkanes of at least 4 members (excludes halogenated alkanes) is 1. The summed E-state index contributed by atoms with van der Waals surface area (Å²) in [4.78, 5) is 17.8. The highest BCUT2D eigenvalue weighted by Crippen LogP contribution is 2.40. The summed E-state index contributed by atoms with van der Waals surface area (Å²) < 4.78 is 5.73. The number of hydrogen-bond donors (Lipinski definition) is 1. The van der Waals surface area contributed by atoms with Gasteiger partial charge in [-0.3, -0.25) is 4.79 Å².